The van der Waals surface area contributed by atoms with Gasteiger partial charge in [-0.3, -0.25) is 0 Å². The Morgan fingerprint density at radius 3 is 2.23 bits per heavy atom. The van der Waals surface area contributed by atoms with Crippen molar-refractivity contribution in [3.8, 4) is 0 Å². The Hall–Kier alpha value is -2.47. The zero-order valence-electron chi connectivity index (χ0n) is 14.7. The standard InChI is InChI=1S/C20H19FO4S/c1-20(2)12-17(19(22)25-20)18(14-5-4-6-15(21)11-14)13-7-9-16(10-8-13)26(3,23)24/h4-11H,12H2,1-3H3/b18-17+. The van der Waals surface area contributed by atoms with Crippen LogP contribution in [-0.4, -0.2) is 26.2 Å². The van der Waals surface area contributed by atoms with Crippen molar-refractivity contribution >= 4 is 21.4 Å². The van der Waals surface area contributed by atoms with Crippen molar-refractivity contribution < 1.29 is 22.3 Å². The van der Waals surface area contributed by atoms with E-state index in [2.05, 4.69) is 0 Å². The van der Waals surface area contributed by atoms with Gasteiger partial charge in [-0.2, -0.15) is 0 Å². The lowest BCUT2D eigenvalue weighted by Crippen LogP contribution is -2.17. The lowest BCUT2D eigenvalue weighted by Gasteiger charge is -2.14. The van der Waals surface area contributed by atoms with Crippen molar-refractivity contribution in [2.24, 2.45) is 0 Å². The number of esters is 1. The lowest BCUT2D eigenvalue weighted by molar-refractivity contribution is -0.143. The smallest absolute Gasteiger partial charge is 0.335 e. The quantitative estimate of drug-likeness (QED) is 0.606. The average Bonchev–Trinajstić information content (AvgIpc) is 2.80. The Balaban J connectivity index is 2.21. The van der Waals surface area contributed by atoms with Crippen LogP contribution in [0, 0.1) is 5.82 Å². The van der Waals surface area contributed by atoms with E-state index in [-0.39, 0.29) is 4.90 Å². The molecule has 136 valence electrons. The van der Waals surface area contributed by atoms with E-state index >= 15 is 0 Å². The predicted octanol–water partition coefficient (Wildman–Crippen LogP) is 3.76. The maximum atomic E-state index is 13.8. The summed E-state index contributed by atoms with van der Waals surface area (Å²) in [5.74, 6) is -0.861. The molecule has 0 aromatic heterocycles. The van der Waals surface area contributed by atoms with E-state index in [1.807, 2.05) is 13.8 Å². The molecule has 2 aromatic rings. The first-order valence-corrected chi connectivity index (χ1v) is 9.99. The van der Waals surface area contributed by atoms with Crippen molar-refractivity contribution in [1.82, 2.24) is 0 Å². The van der Waals surface area contributed by atoms with Crippen molar-refractivity contribution in [3.63, 3.8) is 0 Å². The van der Waals surface area contributed by atoms with Gasteiger partial charge >= 0.3 is 5.97 Å². The number of cyclic esters (lactones) is 1. The zero-order valence-corrected chi connectivity index (χ0v) is 15.6. The summed E-state index contributed by atoms with van der Waals surface area (Å²) in [6.45, 7) is 3.63. The Bertz CT molecular complexity index is 1000. The number of benzene rings is 2. The van der Waals surface area contributed by atoms with E-state index < -0.39 is 27.2 Å². The van der Waals surface area contributed by atoms with Crippen LogP contribution < -0.4 is 0 Å². The third-order valence-electron chi connectivity index (χ3n) is 4.20. The molecule has 0 saturated carbocycles. The van der Waals surface area contributed by atoms with Crippen LogP contribution in [0.4, 0.5) is 4.39 Å². The van der Waals surface area contributed by atoms with Crippen LogP contribution >= 0.6 is 0 Å². The summed E-state index contributed by atoms with van der Waals surface area (Å²) in [6.07, 6.45) is 1.51. The Labute approximate surface area is 152 Å². The maximum absolute atomic E-state index is 13.8. The highest BCUT2D eigenvalue weighted by Gasteiger charge is 2.37. The molecule has 0 bridgehead atoms. The maximum Gasteiger partial charge on any atom is 0.335 e. The Morgan fingerprint density at radius 1 is 1.08 bits per heavy atom. The molecule has 1 aliphatic heterocycles. The molecular formula is C20H19FO4S. The van der Waals surface area contributed by atoms with Crippen molar-refractivity contribution in [3.05, 3.63) is 71.0 Å². The fourth-order valence-electron chi connectivity index (χ4n) is 3.06. The van der Waals surface area contributed by atoms with Gasteiger partial charge in [-0.05, 0) is 54.8 Å². The van der Waals surface area contributed by atoms with Crippen molar-refractivity contribution in [2.75, 3.05) is 6.26 Å². The molecule has 4 nitrogen and oxygen atoms in total. The molecule has 2 aromatic carbocycles. The molecule has 1 saturated heterocycles. The van der Waals surface area contributed by atoms with Crippen LogP contribution in [0.5, 0.6) is 0 Å². The molecule has 1 fully saturated rings. The zero-order chi connectivity index (χ0) is 19.1. The fraction of sp³-hybridized carbons (Fsp3) is 0.250. The van der Waals surface area contributed by atoms with Gasteiger partial charge in [0.15, 0.2) is 9.84 Å². The second-order valence-corrected chi connectivity index (χ2v) is 9.00. The molecule has 0 unspecified atom stereocenters. The van der Waals surface area contributed by atoms with Gasteiger partial charge in [0.25, 0.3) is 0 Å². The number of carbonyl (C=O) groups is 1. The molecule has 26 heavy (non-hydrogen) atoms. The van der Waals surface area contributed by atoms with Crippen molar-refractivity contribution in [1.29, 1.82) is 0 Å². The highest BCUT2D eigenvalue weighted by molar-refractivity contribution is 7.90. The van der Waals surface area contributed by atoms with E-state index in [1.54, 1.807) is 24.3 Å². The number of hydrogen-bond donors (Lipinski definition) is 0. The van der Waals surface area contributed by atoms with Crippen LogP contribution in [0.1, 0.15) is 31.4 Å². The van der Waals surface area contributed by atoms with Gasteiger partial charge in [0.2, 0.25) is 0 Å². The van der Waals surface area contributed by atoms with Crippen LogP contribution in [0.15, 0.2) is 59.0 Å². The third kappa shape index (κ3) is 3.70. The van der Waals surface area contributed by atoms with E-state index in [9.17, 15) is 17.6 Å². The van der Waals surface area contributed by atoms with Gasteiger partial charge < -0.3 is 4.74 Å². The highest BCUT2D eigenvalue weighted by atomic mass is 32.2. The van der Waals surface area contributed by atoms with Crippen molar-refractivity contribution in [2.45, 2.75) is 30.8 Å². The fourth-order valence-corrected chi connectivity index (χ4v) is 3.70. The highest BCUT2D eigenvalue weighted by Crippen LogP contribution is 2.38. The molecule has 0 N–H and O–H groups in total. The first-order chi connectivity index (χ1) is 12.1. The minimum atomic E-state index is -3.33. The van der Waals surface area contributed by atoms with Gasteiger partial charge in [0.1, 0.15) is 11.4 Å². The molecular weight excluding hydrogens is 355 g/mol. The normalized spacial score (nSPS) is 18.5. The Kier molecular flexibility index (Phi) is 4.48. The molecule has 0 spiro atoms. The lowest BCUT2D eigenvalue weighted by atomic mass is 9.89. The number of sulfone groups is 1. The minimum Gasteiger partial charge on any atom is -0.456 e. The van der Waals surface area contributed by atoms with E-state index in [4.69, 9.17) is 4.74 Å². The second kappa shape index (κ2) is 6.36. The number of ether oxygens (including phenoxy) is 1. The first-order valence-electron chi connectivity index (χ1n) is 8.10. The first kappa shape index (κ1) is 18.3. The molecule has 6 heteroatoms. The summed E-state index contributed by atoms with van der Waals surface area (Å²) in [5.41, 5.74) is 1.54. The molecule has 0 aliphatic carbocycles. The molecule has 0 radical (unpaired) electrons. The second-order valence-electron chi connectivity index (χ2n) is 6.99. The largest absolute Gasteiger partial charge is 0.456 e. The Morgan fingerprint density at radius 2 is 1.73 bits per heavy atom. The SMILES string of the molecule is CC1(C)C/C(=C(/c2ccc(S(C)(=O)=O)cc2)c2cccc(F)c2)C(=O)O1. The monoisotopic (exact) mass is 374 g/mol. The minimum absolute atomic E-state index is 0.180. The molecule has 0 atom stereocenters. The summed E-state index contributed by atoms with van der Waals surface area (Å²) >= 11 is 0. The number of rotatable bonds is 3. The van der Waals surface area contributed by atoms with Crippen LogP contribution in [0.3, 0.4) is 0 Å². The predicted molar refractivity (Wildman–Crippen MR) is 96.8 cm³/mol. The van der Waals surface area contributed by atoms with E-state index in [1.165, 1.54) is 24.3 Å². The van der Waals surface area contributed by atoms with Gasteiger partial charge in [-0.15, -0.1) is 0 Å². The summed E-state index contributed by atoms with van der Waals surface area (Å²) in [4.78, 5) is 12.6. The summed E-state index contributed by atoms with van der Waals surface area (Å²) in [5, 5.41) is 0. The number of carbonyl (C=O) groups excluding carboxylic acids is 1. The topological polar surface area (TPSA) is 60.4 Å². The molecule has 3 rings (SSSR count). The molecule has 1 aliphatic rings. The third-order valence-corrected chi connectivity index (χ3v) is 5.33. The van der Waals surface area contributed by atoms with Crippen LogP contribution in [0.25, 0.3) is 5.57 Å². The van der Waals surface area contributed by atoms with Crippen LogP contribution in [0.2, 0.25) is 0 Å². The van der Waals surface area contributed by atoms with Gasteiger partial charge in [-0.25, -0.2) is 17.6 Å². The van der Waals surface area contributed by atoms with Gasteiger partial charge in [0.05, 0.1) is 4.90 Å². The summed E-state index contributed by atoms with van der Waals surface area (Å²) in [6, 6.07) is 12.2. The van der Waals surface area contributed by atoms with E-state index in [0.29, 0.717) is 28.7 Å². The van der Waals surface area contributed by atoms with E-state index in [0.717, 1.165) is 6.26 Å². The summed E-state index contributed by atoms with van der Waals surface area (Å²) < 4.78 is 42.6. The molecule has 0 amide bonds. The molecule has 1 heterocycles. The van der Waals surface area contributed by atoms with Gasteiger partial charge in [-0.1, -0.05) is 24.3 Å². The number of hydrogen-bond acceptors (Lipinski definition) is 4. The number of halogens is 1. The summed E-state index contributed by atoms with van der Waals surface area (Å²) in [7, 11) is -3.33. The average molecular weight is 374 g/mol. The van der Waals surface area contributed by atoms with Crippen LogP contribution in [-0.2, 0) is 19.4 Å². The van der Waals surface area contributed by atoms with Gasteiger partial charge in [0, 0.05) is 18.2 Å².